The van der Waals surface area contributed by atoms with Crippen LogP contribution in [0.25, 0.3) is 0 Å². The number of carbonyl (C=O) groups excluding carboxylic acids is 3. The molecule has 2 aliphatic rings. The quantitative estimate of drug-likeness (QED) is 0.744. The summed E-state index contributed by atoms with van der Waals surface area (Å²) in [6.07, 6.45) is 5.53. The van der Waals surface area contributed by atoms with E-state index in [-0.39, 0.29) is 18.2 Å². The van der Waals surface area contributed by atoms with Gasteiger partial charge >= 0.3 is 6.03 Å². The molecule has 26 heavy (non-hydrogen) atoms. The van der Waals surface area contributed by atoms with Gasteiger partial charge in [-0.25, -0.2) is 4.79 Å². The van der Waals surface area contributed by atoms with Crippen molar-refractivity contribution in [1.82, 2.24) is 15.8 Å². The van der Waals surface area contributed by atoms with E-state index in [4.69, 9.17) is 23.2 Å². The maximum absolute atomic E-state index is 12.6. The minimum absolute atomic E-state index is 0.199. The lowest BCUT2D eigenvalue weighted by molar-refractivity contribution is -0.139. The molecule has 1 aliphatic carbocycles. The van der Waals surface area contributed by atoms with E-state index in [1.54, 1.807) is 12.1 Å². The molecule has 1 spiro atoms. The Labute approximate surface area is 162 Å². The standard InChI is InChI=1S/C18H21Cl2N3O3/c19-13-8-7-12(11-14(13)20)5-4-6-15(24)22-23-16(25)18(21-17(23)26)9-2-1-3-10-18/h7-8,11H,1-6,9-10H2,(H,21,26)(H,22,24). The summed E-state index contributed by atoms with van der Waals surface area (Å²) in [5.74, 6) is -0.707. The fraction of sp³-hybridized carbons (Fsp3) is 0.500. The lowest BCUT2D eigenvalue weighted by Crippen LogP contribution is -2.50. The average molecular weight is 398 g/mol. The van der Waals surface area contributed by atoms with Gasteiger partial charge in [-0.1, -0.05) is 48.5 Å². The van der Waals surface area contributed by atoms with Crippen LogP contribution in [0.4, 0.5) is 4.79 Å². The van der Waals surface area contributed by atoms with Crippen LogP contribution in [-0.2, 0) is 16.0 Å². The molecule has 1 saturated heterocycles. The van der Waals surface area contributed by atoms with Crippen LogP contribution in [0.5, 0.6) is 0 Å². The van der Waals surface area contributed by atoms with Crippen LogP contribution in [-0.4, -0.2) is 28.4 Å². The van der Waals surface area contributed by atoms with Gasteiger partial charge in [-0.05, 0) is 43.4 Å². The number of hydrazine groups is 1. The molecular formula is C18H21Cl2N3O3. The number of amides is 4. The first-order valence-electron chi connectivity index (χ1n) is 8.81. The van der Waals surface area contributed by atoms with E-state index >= 15 is 0 Å². The second-order valence-electron chi connectivity index (χ2n) is 6.85. The molecule has 1 aromatic carbocycles. The highest BCUT2D eigenvalue weighted by Crippen LogP contribution is 2.33. The molecule has 140 valence electrons. The molecule has 0 unspecified atom stereocenters. The lowest BCUT2D eigenvalue weighted by Gasteiger charge is -2.30. The van der Waals surface area contributed by atoms with Gasteiger partial charge in [0.1, 0.15) is 5.54 Å². The minimum atomic E-state index is -0.831. The maximum Gasteiger partial charge on any atom is 0.344 e. The van der Waals surface area contributed by atoms with Gasteiger partial charge in [0.2, 0.25) is 5.91 Å². The second kappa shape index (κ2) is 7.84. The monoisotopic (exact) mass is 397 g/mol. The summed E-state index contributed by atoms with van der Waals surface area (Å²) in [6.45, 7) is 0. The molecule has 1 aliphatic heterocycles. The molecule has 4 amide bonds. The number of aryl methyl sites for hydroxylation is 1. The summed E-state index contributed by atoms with van der Waals surface area (Å²) < 4.78 is 0. The van der Waals surface area contributed by atoms with Crippen molar-refractivity contribution in [2.75, 3.05) is 0 Å². The molecule has 1 aromatic rings. The van der Waals surface area contributed by atoms with Crippen molar-refractivity contribution in [2.45, 2.75) is 56.9 Å². The van der Waals surface area contributed by atoms with Gasteiger partial charge < -0.3 is 5.32 Å². The zero-order valence-corrected chi connectivity index (χ0v) is 15.8. The topological polar surface area (TPSA) is 78.5 Å². The van der Waals surface area contributed by atoms with Crippen LogP contribution in [0.15, 0.2) is 18.2 Å². The number of hydrogen-bond acceptors (Lipinski definition) is 3. The van der Waals surface area contributed by atoms with E-state index in [2.05, 4.69) is 10.7 Å². The molecule has 0 aromatic heterocycles. The van der Waals surface area contributed by atoms with Gasteiger partial charge in [0, 0.05) is 6.42 Å². The Hall–Kier alpha value is -1.79. The highest BCUT2D eigenvalue weighted by atomic mass is 35.5. The number of imide groups is 1. The SMILES string of the molecule is O=C(CCCc1ccc(Cl)c(Cl)c1)NN1C(=O)NC2(CCCCC2)C1=O. The Morgan fingerprint density at radius 1 is 1.15 bits per heavy atom. The van der Waals surface area contributed by atoms with Gasteiger partial charge in [0.05, 0.1) is 10.0 Å². The number of carbonyl (C=O) groups is 3. The van der Waals surface area contributed by atoms with Crippen LogP contribution in [0.1, 0.15) is 50.5 Å². The number of hydrogen-bond donors (Lipinski definition) is 2. The number of nitrogens with zero attached hydrogens (tertiary/aromatic N) is 1. The minimum Gasteiger partial charge on any atom is -0.322 e. The molecule has 2 fully saturated rings. The molecule has 0 radical (unpaired) electrons. The zero-order chi connectivity index (χ0) is 18.7. The molecule has 8 heteroatoms. The van der Waals surface area contributed by atoms with Crippen molar-refractivity contribution in [3.63, 3.8) is 0 Å². The third kappa shape index (κ3) is 3.96. The summed E-state index contributed by atoms with van der Waals surface area (Å²) in [7, 11) is 0. The normalized spacial score (nSPS) is 18.9. The zero-order valence-electron chi connectivity index (χ0n) is 14.3. The van der Waals surface area contributed by atoms with E-state index in [0.717, 1.165) is 29.8 Å². The summed E-state index contributed by atoms with van der Waals surface area (Å²) in [5, 5.41) is 4.57. The Bertz CT molecular complexity index is 732. The van der Waals surface area contributed by atoms with Crippen LogP contribution in [0.3, 0.4) is 0 Å². The van der Waals surface area contributed by atoms with E-state index in [1.807, 2.05) is 6.07 Å². The first kappa shape index (κ1) is 19.0. The Kier molecular flexibility index (Phi) is 5.73. The van der Waals surface area contributed by atoms with E-state index in [0.29, 0.717) is 35.7 Å². The molecule has 0 bridgehead atoms. The first-order chi connectivity index (χ1) is 12.4. The predicted molar refractivity (Wildman–Crippen MR) is 98.7 cm³/mol. The number of nitrogens with one attached hydrogen (secondary N) is 2. The smallest absolute Gasteiger partial charge is 0.322 e. The summed E-state index contributed by atoms with van der Waals surface area (Å²) >= 11 is 11.8. The molecule has 1 saturated carbocycles. The number of benzene rings is 1. The lowest BCUT2D eigenvalue weighted by atomic mass is 9.82. The predicted octanol–water partition coefficient (Wildman–Crippen LogP) is 3.60. The third-order valence-corrected chi connectivity index (χ3v) is 5.70. The van der Waals surface area contributed by atoms with Crippen molar-refractivity contribution >= 4 is 41.0 Å². The molecule has 0 atom stereocenters. The van der Waals surface area contributed by atoms with Gasteiger partial charge in [-0.3, -0.25) is 15.0 Å². The number of urea groups is 1. The fourth-order valence-corrected chi connectivity index (χ4v) is 3.87. The highest BCUT2D eigenvalue weighted by Gasteiger charge is 2.52. The maximum atomic E-state index is 12.6. The van der Waals surface area contributed by atoms with E-state index in [9.17, 15) is 14.4 Å². The highest BCUT2D eigenvalue weighted by molar-refractivity contribution is 6.42. The van der Waals surface area contributed by atoms with Crippen LogP contribution in [0, 0.1) is 0 Å². The Balaban J connectivity index is 1.50. The molecule has 2 N–H and O–H groups in total. The van der Waals surface area contributed by atoms with Gasteiger partial charge in [-0.2, -0.15) is 5.01 Å². The number of rotatable bonds is 5. The van der Waals surface area contributed by atoms with Crippen molar-refractivity contribution in [2.24, 2.45) is 0 Å². The molecule has 3 rings (SSSR count). The van der Waals surface area contributed by atoms with Crippen molar-refractivity contribution in [3.8, 4) is 0 Å². The summed E-state index contributed by atoms with van der Waals surface area (Å²) in [4.78, 5) is 36.8. The Morgan fingerprint density at radius 2 is 1.88 bits per heavy atom. The fourth-order valence-electron chi connectivity index (χ4n) is 3.54. The largest absolute Gasteiger partial charge is 0.344 e. The van der Waals surface area contributed by atoms with Crippen LogP contribution in [0.2, 0.25) is 10.0 Å². The summed E-state index contributed by atoms with van der Waals surface area (Å²) in [6, 6.07) is 4.80. The molecule has 6 nitrogen and oxygen atoms in total. The van der Waals surface area contributed by atoms with Crippen LogP contribution < -0.4 is 10.7 Å². The van der Waals surface area contributed by atoms with E-state index < -0.39 is 11.6 Å². The number of halogens is 2. The van der Waals surface area contributed by atoms with Gasteiger partial charge in [0.15, 0.2) is 0 Å². The molecule has 1 heterocycles. The van der Waals surface area contributed by atoms with E-state index in [1.165, 1.54) is 0 Å². The first-order valence-corrected chi connectivity index (χ1v) is 9.57. The van der Waals surface area contributed by atoms with Crippen molar-refractivity contribution in [3.05, 3.63) is 33.8 Å². The van der Waals surface area contributed by atoms with Gasteiger partial charge in [-0.15, -0.1) is 0 Å². The van der Waals surface area contributed by atoms with Crippen LogP contribution >= 0.6 is 23.2 Å². The van der Waals surface area contributed by atoms with Crippen molar-refractivity contribution in [1.29, 1.82) is 0 Å². The average Bonchev–Trinajstić information content (AvgIpc) is 2.83. The summed E-state index contributed by atoms with van der Waals surface area (Å²) in [5.41, 5.74) is 2.59. The van der Waals surface area contributed by atoms with Gasteiger partial charge in [0.25, 0.3) is 5.91 Å². The third-order valence-electron chi connectivity index (χ3n) is 4.96. The Morgan fingerprint density at radius 3 is 2.58 bits per heavy atom. The second-order valence-corrected chi connectivity index (χ2v) is 7.66. The van der Waals surface area contributed by atoms with Crippen molar-refractivity contribution < 1.29 is 14.4 Å². The molecular weight excluding hydrogens is 377 g/mol.